The number of hydrogen-bond donors (Lipinski definition) is 1. The zero-order valence-corrected chi connectivity index (χ0v) is 8.36. The van der Waals surface area contributed by atoms with E-state index in [-0.39, 0.29) is 29.9 Å². The lowest BCUT2D eigenvalue weighted by molar-refractivity contribution is -0.153. The molecule has 4 nitrogen and oxygen atoms in total. The predicted molar refractivity (Wildman–Crippen MR) is 48.9 cm³/mol. The Balaban J connectivity index is 0.000000845. The first kappa shape index (κ1) is 10.8. The predicted octanol–water partition coefficient (Wildman–Crippen LogP) is -0.0403. The van der Waals surface area contributed by atoms with Crippen LogP contribution < -0.4 is 5.32 Å². The molecule has 2 fully saturated rings. The van der Waals surface area contributed by atoms with Crippen LogP contribution in [-0.4, -0.2) is 38.9 Å². The van der Waals surface area contributed by atoms with Crippen molar-refractivity contribution in [1.29, 1.82) is 0 Å². The lowest BCUT2D eigenvalue weighted by Crippen LogP contribution is -2.39. The summed E-state index contributed by atoms with van der Waals surface area (Å²) in [6.45, 7) is 2.15. The summed E-state index contributed by atoms with van der Waals surface area (Å²) in [5, 5.41) is 3.15. The molecule has 2 aliphatic heterocycles. The summed E-state index contributed by atoms with van der Waals surface area (Å²) in [6.07, 6.45) is 0.821. The Morgan fingerprint density at radius 1 is 1.69 bits per heavy atom. The van der Waals surface area contributed by atoms with Crippen LogP contribution in [0.4, 0.5) is 0 Å². The first-order valence-corrected chi connectivity index (χ1v) is 4.20. The molecule has 2 atom stereocenters. The van der Waals surface area contributed by atoms with Crippen LogP contribution in [0.25, 0.3) is 0 Å². The number of rotatable bonds is 1. The third-order valence-electron chi connectivity index (χ3n) is 2.85. The van der Waals surface area contributed by atoms with E-state index in [1.807, 2.05) is 0 Å². The molecule has 1 N–H and O–H groups in total. The van der Waals surface area contributed by atoms with E-state index in [1.54, 1.807) is 0 Å². The first-order chi connectivity index (χ1) is 5.79. The summed E-state index contributed by atoms with van der Waals surface area (Å²) < 4.78 is 10.2. The molecule has 0 saturated carbocycles. The molecule has 0 amide bonds. The van der Waals surface area contributed by atoms with Gasteiger partial charge in [-0.1, -0.05) is 0 Å². The molecular formula is C8H14ClNO3. The maximum absolute atomic E-state index is 11.5. The number of nitrogens with one attached hydrogen (secondary N) is 1. The van der Waals surface area contributed by atoms with Crippen molar-refractivity contribution in [2.24, 2.45) is 5.41 Å². The van der Waals surface area contributed by atoms with Gasteiger partial charge < -0.3 is 14.8 Å². The fraction of sp³-hybridized carbons (Fsp3) is 0.875. The van der Waals surface area contributed by atoms with Crippen LogP contribution in [0, 0.1) is 5.41 Å². The van der Waals surface area contributed by atoms with Gasteiger partial charge in [-0.2, -0.15) is 0 Å². The summed E-state index contributed by atoms with van der Waals surface area (Å²) in [4.78, 5) is 11.5. The van der Waals surface area contributed by atoms with Gasteiger partial charge in [0.25, 0.3) is 0 Å². The molecule has 0 aliphatic carbocycles. The Hall–Kier alpha value is -0.320. The first-order valence-electron chi connectivity index (χ1n) is 4.20. The molecule has 0 spiro atoms. The van der Waals surface area contributed by atoms with Gasteiger partial charge in [0, 0.05) is 19.7 Å². The summed E-state index contributed by atoms with van der Waals surface area (Å²) in [7, 11) is 1.44. The van der Waals surface area contributed by atoms with Crippen LogP contribution in [0.2, 0.25) is 0 Å². The quantitative estimate of drug-likeness (QED) is 0.613. The Morgan fingerprint density at radius 2 is 2.46 bits per heavy atom. The highest BCUT2D eigenvalue weighted by Gasteiger charge is 2.54. The Bertz CT molecular complexity index is 200. The normalized spacial score (nSPS) is 36.5. The average molecular weight is 208 g/mol. The topological polar surface area (TPSA) is 47.6 Å². The maximum atomic E-state index is 11.5. The number of halogens is 1. The largest absolute Gasteiger partial charge is 0.468 e. The van der Waals surface area contributed by atoms with Gasteiger partial charge in [0.2, 0.25) is 0 Å². The molecule has 2 saturated heterocycles. The Morgan fingerprint density at radius 3 is 3.15 bits per heavy atom. The number of carbonyl (C=O) groups excluding carboxylic acids is 1. The van der Waals surface area contributed by atoms with E-state index in [4.69, 9.17) is 9.47 Å². The highest BCUT2D eigenvalue weighted by molar-refractivity contribution is 5.85. The van der Waals surface area contributed by atoms with Crippen molar-refractivity contribution in [2.75, 3.05) is 26.8 Å². The molecular weight excluding hydrogens is 194 g/mol. The van der Waals surface area contributed by atoms with Crippen molar-refractivity contribution in [3.63, 3.8) is 0 Å². The summed E-state index contributed by atoms with van der Waals surface area (Å²) in [6, 6.07) is 0. The van der Waals surface area contributed by atoms with Gasteiger partial charge in [-0.05, 0) is 6.42 Å². The molecule has 76 valence electrons. The van der Waals surface area contributed by atoms with E-state index in [2.05, 4.69) is 5.32 Å². The SMILES string of the molecule is COC(=O)[C@]12CCO[C@H]1CNC2.Cl. The molecule has 2 rings (SSSR count). The van der Waals surface area contributed by atoms with E-state index in [0.717, 1.165) is 13.0 Å². The standard InChI is InChI=1S/C8H13NO3.ClH/c1-11-7(10)8-2-3-12-6(8)4-9-5-8;/h6,9H,2-5H2,1H3;1H/t6-,8-;/m0./s1. The third-order valence-corrected chi connectivity index (χ3v) is 2.85. The van der Waals surface area contributed by atoms with Gasteiger partial charge in [0.1, 0.15) is 5.41 Å². The fourth-order valence-electron chi connectivity index (χ4n) is 2.10. The number of methoxy groups -OCH3 is 1. The van der Waals surface area contributed by atoms with Crippen molar-refractivity contribution in [3.8, 4) is 0 Å². The Labute approximate surface area is 83.4 Å². The minimum atomic E-state index is -0.380. The number of esters is 1. The van der Waals surface area contributed by atoms with Crippen molar-refractivity contribution >= 4 is 18.4 Å². The second kappa shape index (κ2) is 3.82. The molecule has 0 aromatic heterocycles. The highest BCUT2D eigenvalue weighted by atomic mass is 35.5. The van der Waals surface area contributed by atoms with E-state index in [0.29, 0.717) is 13.2 Å². The van der Waals surface area contributed by atoms with Gasteiger partial charge in [-0.15, -0.1) is 12.4 Å². The van der Waals surface area contributed by atoms with Gasteiger partial charge in [0.15, 0.2) is 0 Å². The summed E-state index contributed by atoms with van der Waals surface area (Å²) in [5.74, 6) is -0.130. The minimum absolute atomic E-state index is 0. The molecule has 0 unspecified atom stereocenters. The van der Waals surface area contributed by atoms with Gasteiger partial charge in [-0.25, -0.2) is 0 Å². The van der Waals surface area contributed by atoms with E-state index in [9.17, 15) is 4.79 Å². The maximum Gasteiger partial charge on any atom is 0.315 e. The van der Waals surface area contributed by atoms with Crippen LogP contribution in [0.1, 0.15) is 6.42 Å². The van der Waals surface area contributed by atoms with Gasteiger partial charge >= 0.3 is 5.97 Å². The molecule has 0 aromatic carbocycles. The molecule has 2 aliphatic rings. The summed E-state index contributed by atoms with van der Waals surface area (Å²) >= 11 is 0. The van der Waals surface area contributed by atoms with Crippen LogP contribution >= 0.6 is 12.4 Å². The van der Waals surface area contributed by atoms with Crippen LogP contribution in [0.5, 0.6) is 0 Å². The van der Waals surface area contributed by atoms with Crippen LogP contribution in [-0.2, 0) is 14.3 Å². The number of ether oxygens (including phenoxy) is 2. The summed E-state index contributed by atoms with van der Waals surface area (Å²) in [5.41, 5.74) is -0.380. The minimum Gasteiger partial charge on any atom is -0.468 e. The molecule has 0 aromatic rings. The van der Waals surface area contributed by atoms with Crippen LogP contribution in [0.3, 0.4) is 0 Å². The molecule has 0 bridgehead atoms. The van der Waals surface area contributed by atoms with Gasteiger partial charge in [-0.3, -0.25) is 4.79 Å². The van der Waals surface area contributed by atoms with E-state index in [1.165, 1.54) is 7.11 Å². The molecule has 13 heavy (non-hydrogen) atoms. The second-order valence-corrected chi connectivity index (χ2v) is 3.39. The average Bonchev–Trinajstić information content (AvgIpc) is 2.60. The highest BCUT2D eigenvalue weighted by Crippen LogP contribution is 2.38. The zero-order chi connectivity index (χ0) is 8.60. The number of fused-ring (bicyclic) bond motifs is 1. The second-order valence-electron chi connectivity index (χ2n) is 3.39. The number of hydrogen-bond acceptors (Lipinski definition) is 4. The molecule has 5 heteroatoms. The Kier molecular flexibility index (Phi) is 3.16. The van der Waals surface area contributed by atoms with E-state index < -0.39 is 0 Å². The van der Waals surface area contributed by atoms with Crippen molar-refractivity contribution in [1.82, 2.24) is 5.32 Å². The van der Waals surface area contributed by atoms with Crippen molar-refractivity contribution < 1.29 is 14.3 Å². The van der Waals surface area contributed by atoms with Gasteiger partial charge in [0.05, 0.1) is 13.2 Å². The fourth-order valence-corrected chi connectivity index (χ4v) is 2.10. The zero-order valence-electron chi connectivity index (χ0n) is 7.54. The molecule has 0 radical (unpaired) electrons. The van der Waals surface area contributed by atoms with Crippen molar-refractivity contribution in [2.45, 2.75) is 12.5 Å². The lowest BCUT2D eigenvalue weighted by Gasteiger charge is -2.22. The monoisotopic (exact) mass is 207 g/mol. The van der Waals surface area contributed by atoms with Crippen molar-refractivity contribution in [3.05, 3.63) is 0 Å². The van der Waals surface area contributed by atoms with E-state index >= 15 is 0 Å². The molecule has 2 heterocycles. The smallest absolute Gasteiger partial charge is 0.315 e. The third kappa shape index (κ3) is 1.43. The van der Waals surface area contributed by atoms with Crippen LogP contribution in [0.15, 0.2) is 0 Å². The lowest BCUT2D eigenvalue weighted by atomic mass is 9.84. The number of carbonyl (C=O) groups is 1.